The van der Waals surface area contributed by atoms with E-state index in [-0.39, 0.29) is 17.7 Å². The van der Waals surface area contributed by atoms with Crippen LogP contribution in [0.15, 0.2) is 72.8 Å². The maximum absolute atomic E-state index is 13.5. The van der Waals surface area contributed by atoms with Gasteiger partial charge in [0.05, 0.1) is 13.0 Å². The minimum Gasteiger partial charge on any atom is -0.339 e. The van der Waals surface area contributed by atoms with Gasteiger partial charge in [0.15, 0.2) is 0 Å². The van der Waals surface area contributed by atoms with E-state index in [9.17, 15) is 14.4 Å². The van der Waals surface area contributed by atoms with E-state index >= 15 is 0 Å². The third kappa shape index (κ3) is 6.19. The van der Waals surface area contributed by atoms with Crippen LogP contribution in [0.3, 0.4) is 0 Å². The van der Waals surface area contributed by atoms with Crippen molar-refractivity contribution in [3.8, 4) is 0 Å². The summed E-state index contributed by atoms with van der Waals surface area (Å²) in [6, 6.07) is 23.5. The maximum atomic E-state index is 13.5. The molecule has 0 unspecified atom stereocenters. The minimum atomic E-state index is -0.0660. The zero-order chi connectivity index (χ0) is 25.7. The quantitative estimate of drug-likeness (QED) is 0.523. The van der Waals surface area contributed by atoms with Crippen LogP contribution in [0.4, 0.5) is 5.69 Å². The molecule has 36 heavy (non-hydrogen) atoms. The second-order valence-electron chi connectivity index (χ2n) is 9.48. The summed E-state index contributed by atoms with van der Waals surface area (Å²) in [5.74, 6) is 0.0371. The first-order valence-corrected chi connectivity index (χ1v) is 12.4. The highest BCUT2D eigenvalue weighted by atomic mass is 16.2. The first-order valence-electron chi connectivity index (χ1n) is 12.4. The van der Waals surface area contributed by atoms with Crippen LogP contribution in [-0.2, 0) is 22.6 Å². The van der Waals surface area contributed by atoms with Crippen LogP contribution in [-0.4, -0.2) is 53.7 Å². The number of nitrogens with zero attached hydrogens (tertiary/aromatic N) is 3. The smallest absolute Gasteiger partial charge is 0.258 e. The number of piperazine rings is 1. The van der Waals surface area contributed by atoms with Crippen LogP contribution in [0.2, 0.25) is 0 Å². The van der Waals surface area contributed by atoms with Crippen LogP contribution in [0.1, 0.15) is 39.5 Å². The summed E-state index contributed by atoms with van der Waals surface area (Å²) < 4.78 is 0. The molecule has 0 saturated carbocycles. The van der Waals surface area contributed by atoms with E-state index in [0.717, 1.165) is 27.9 Å². The first-order chi connectivity index (χ1) is 17.3. The van der Waals surface area contributed by atoms with Gasteiger partial charge >= 0.3 is 0 Å². The lowest BCUT2D eigenvalue weighted by Crippen LogP contribution is -2.50. The molecular formula is C30H33N3O3. The zero-order valence-corrected chi connectivity index (χ0v) is 21.2. The van der Waals surface area contributed by atoms with E-state index in [1.807, 2.05) is 85.5 Å². The van der Waals surface area contributed by atoms with Crippen molar-refractivity contribution in [3.63, 3.8) is 0 Å². The Labute approximate surface area is 213 Å². The number of anilines is 1. The van der Waals surface area contributed by atoms with Crippen LogP contribution in [0.25, 0.3) is 0 Å². The summed E-state index contributed by atoms with van der Waals surface area (Å²) in [5.41, 5.74) is 5.63. The van der Waals surface area contributed by atoms with Gasteiger partial charge in [0.2, 0.25) is 11.8 Å². The molecule has 186 valence electrons. The monoisotopic (exact) mass is 483 g/mol. The number of rotatable bonds is 6. The number of amides is 3. The average molecular weight is 484 g/mol. The number of carbonyl (C=O) groups is 3. The number of hydrogen-bond donors (Lipinski definition) is 0. The van der Waals surface area contributed by atoms with Gasteiger partial charge in [0.1, 0.15) is 0 Å². The van der Waals surface area contributed by atoms with Crippen molar-refractivity contribution in [1.29, 1.82) is 0 Å². The molecule has 0 radical (unpaired) electrons. The van der Waals surface area contributed by atoms with E-state index in [1.54, 1.807) is 16.7 Å². The van der Waals surface area contributed by atoms with E-state index < -0.39 is 0 Å². The normalized spacial score (nSPS) is 13.4. The Hall–Kier alpha value is -3.93. The van der Waals surface area contributed by atoms with Gasteiger partial charge in [-0.2, -0.15) is 0 Å². The van der Waals surface area contributed by atoms with Gasteiger partial charge in [-0.05, 0) is 49.2 Å². The third-order valence-electron chi connectivity index (χ3n) is 6.65. The van der Waals surface area contributed by atoms with Crippen molar-refractivity contribution >= 4 is 23.4 Å². The average Bonchev–Trinajstić information content (AvgIpc) is 2.88. The second-order valence-corrected chi connectivity index (χ2v) is 9.48. The first kappa shape index (κ1) is 25.2. The summed E-state index contributed by atoms with van der Waals surface area (Å²) in [6.07, 6.45) is 0.296. The van der Waals surface area contributed by atoms with Crippen LogP contribution >= 0.6 is 0 Å². The molecule has 1 fully saturated rings. The van der Waals surface area contributed by atoms with Crippen molar-refractivity contribution in [3.05, 3.63) is 101 Å². The maximum Gasteiger partial charge on any atom is 0.258 e. The standard InChI is InChI=1S/C30H33N3O3/c1-22-7-11-27(12-8-22)30(36)33(21-26-6-4-5-23(2)19-26)28-13-9-25(10-14-28)20-29(35)32-17-15-31(16-18-32)24(3)34/h4-14,19H,15-18,20-21H2,1-3H3. The van der Waals surface area contributed by atoms with Gasteiger partial charge in [0, 0.05) is 44.4 Å². The summed E-state index contributed by atoms with van der Waals surface area (Å²) in [6.45, 7) is 8.34. The van der Waals surface area contributed by atoms with Gasteiger partial charge in [-0.3, -0.25) is 14.4 Å². The van der Waals surface area contributed by atoms with Crippen molar-refractivity contribution in [2.24, 2.45) is 0 Å². The van der Waals surface area contributed by atoms with Gasteiger partial charge in [0.25, 0.3) is 5.91 Å². The summed E-state index contributed by atoms with van der Waals surface area (Å²) >= 11 is 0. The summed E-state index contributed by atoms with van der Waals surface area (Å²) in [7, 11) is 0. The molecule has 0 N–H and O–H groups in total. The van der Waals surface area contributed by atoms with Gasteiger partial charge in [-0.1, -0.05) is 59.7 Å². The summed E-state index contributed by atoms with van der Waals surface area (Å²) in [4.78, 5) is 43.2. The van der Waals surface area contributed by atoms with Gasteiger partial charge in [-0.25, -0.2) is 0 Å². The molecule has 6 heteroatoms. The molecule has 0 spiro atoms. The van der Waals surface area contributed by atoms with E-state index in [2.05, 4.69) is 6.07 Å². The molecule has 0 aliphatic carbocycles. The molecule has 1 saturated heterocycles. The van der Waals surface area contributed by atoms with E-state index in [4.69, 9.17) is 0 Å². The molecule has 0 aromatic heterocycles. The Bertz CT molecular complexity index is 1230. The van der Waals surface area contributed by atoms with E-state index in [1.165, 1.54) is 0 Å². The SMILES string of the molecule is CC(=O)N1CCN(C(=O)Cc2ccc(N(Cc3cccc(C)c3)C(=O)c3ccc(C)cc3)cc2)CC1. The molecule has 1 aliphatic heterocycles. The molecule has 6 nitrogen and oxygen atoms in total. The highest BCUT2D eigenvalue weighted by Crippen LogP contribution is 2.22. The topological polar surface area (TPSA) is 60.9 Å². The predicted molar refractivity (Wildman–Crippen MR) is 142 cm³/mol. The van der Waals surface area contributed by atoms with E-state index in [0.29, 0.717) is 44.7 Å². The number of benzene rings is 3. The highest BCUT2D eigenvalue weighted by molar-refractivity contribution is 6.06. The number of hydrogen-bond acceptors (Lipinski definition) is 3. The lowest BCUT2D eigenvalue weighted by Gasteiger charge is -2.34. The molecule has 1 heterocycles. The van der Waals surface area contributed by atoms with Crippen molar-refractivity contribution in [1.82, 2.24) is 9.80 Å². The van der Waals surface area contributed by atoms with Crippen molar-refractivity contribution in [2.45, 2.75) is 33.7 Å². The fourth-order valence-corrected chi connectivity index (χ4v) is 4.48. The van der Waals surface area contributed by atoms with Crippen LogP contribution in [0.5, 0.6) is 0 Å². The second kappa shape index (κ2) is 11.2. The largest absolute Gasteiger partial charge is 0.339 e. The molecule has 3 aromatic carbocycles. The van der Waals surface area contributed by atoms with Crippen LogP contribution in [0, 0.1) is 13.8 Å². The number of carbonyl (C=O) groups excluding carboxylic acids is 3. The Kier molecular flexibility index (Phi) is 7.84. The lowest BCUT2D eigenvalue weighted by atomic mass is 10.1. The molecule has 1 aliphatic rings. The molecule has 4 rings (SSSR count). The third-order valence-corrected chi connectivity index (χ3v) is 6.65. The fourth-order valence-electron chi connectivity index (χ4n) is 4.48. The number of aryl methyl sites for hydroxylation is 2. The van der Waals surface area contributed by atoms with Crippen molar-refractivity contribution < 1.29 is 14.4 Å². The lowest BCUT2D eigenvalue weighted by molar-refractivity contribution is -0.138. The van der Waals surface area contributed by atoms with Crippen molar-refractivity contribution in [2.75, 3.05) is 31.1 Å². The Morgan fingerprint density at radius 3 is 2.00 bits per heavy atom. The minimum absolute atomic E-state index is 0.0492. The van der Waals surface area contributed by atoms with Gasteiger partial charge < -0.3 is 14.7 Å². The highest BCUT2D eigenvalue weighted by Gasteiger charge is 2.23. The molecule has 0 bridgehead atoms. The molecule has 3 amide bonds. The van der Waals surface area contributed by atoms with Gasteiger partial charge in [-0.15, -0.1) is 0 Å². The summed E-state index contributed by atoms with van der Waals surface area (Å²) in [5, 5.41) is 0. The Morgan fingerprint density at radius 2 is 1.39 bits per heavy atom. The molecular weight excluding hydrogens is 450 g/mol. The fraction of sp³-hybridized carbons (Fsp3) is 0.300. The van der Waals surface area contributed by atoms with Crippen LogP contribution < -0.4 is 4.90 Å². The Morgan fingerprint density at radius 1 is 0.750 bits per heavy atom. The predicted octanol–water partition coefficient (Wildman–Crippen LogP) is 4.38. The zero-order valence-electron chi connectivity index (χ0n) is 21.2. The molecule has 0 atom stereocenters. The molecule has 3 aromatic rings. The Balaban J connectivity index is 1.50.